The second-order valence-electron chi connectivity index (χ2n) is 6.19. The van der Waals surface area contributed by atoms with Gasteiger partial charge in [0.15, 0.2) is 11.5 Å². The molecule has 0 fully saturated rings. The van der Waals surface area contributed by atoms with E-state index in [4.69, 9.17) is 9.47 Å². The maximum Gasteiger partial charge on any atom is 0.254 e. The number of hydrogen-bond acceptors (Lipinski definition) is 4. The summed E-state index contributed by atoms with van der Waals surface area (Å²) in [6.45, 7) is 8.20. The Labute approximate surface area is 130 Å². The molecule has 1 aromatic carbocycles. The van der Waals surface area contributed by atoms with Crippen LogP contribution in [0.4, 0.5) is 0 Å². The van der Waals surface area contributed by atoms with E-state index in [0.29, 0.717) is 23.6 Å². The summed E-state index contributed by atoms with van der Waals surface area (Å²) in [5.41, 5.74) is 0.160. The summed E-state index contributed by atoms with van der Waals surface area (Å²) in [4.78, 5) is 26.0. The topological polar surface area (TPSA) is 67.9 Å². The number of hydrogen-bond donors (Lipinski definition) is 1. The first-order chi connectivity index (χ1) is 10.3. The molecule has 1 aromatic rings. The molecule has 0 aromatic heterocycles. The minimum Gasteiger partial charge on any atom is -0.454 e. The third kappa shape index (κ3) is 3.90. The van der Waals surface area contributed by atoms with Gasteiger partial charge in [-0.2, -0.15) is 0 Å². The van der Waals surface area contributed by atoms with E-state index in [-0.39, 0.29) is 30.7 Å². The van der Waals surface area contributed by atoms with Gasteiger partial charge in [-0.1, -0.05) is 0 Å². The molecule has 6 heteroatoms. The van der Waals surface area contributed by atoms with Crippen molar-refractivity contribution in [1.82, 2.24) is 10.2 Å². The van der Waals surface area contributed by atoms with Gasteiger partial charge in [-0.15, -0.1) is 0 Å². The van der Waals surface area contributed by atoms with Crippen LogP contribution in [0.5, 0.6) is 11.5 Å². The highest BCUT2D eigenvalue weighted by molar-refractivity contribution is 5.97. The Kier molecular flexibility index (Phi) is 4.59. The predicted octanol–water partition coefficient (Wildman–Crippen LogP) is 1.79. The van der Waals surface area contributed by atoms with Crippen LogP contribution in [0.1, 0.15) is 38.1 Å². The molecule has 2 amide bonds. The molecule has 0 saturated heterocycles. The zero-order valence-electron chi connectivity index (χ0n) is 13.4. The van der Waals surface area contributed by atoms with E-state index in [1.807, 2.05) is 27.7 Å². The molecule has 120 valence electrons. The summed E-state index contributed by atoms with van der Waals surface area (Å²) < 4.78 is 10.5. The zero-order valence-corrected chi connectivity index (χ0v) is 13.4. The molecule has 1 heterocycles. The summed E-state index contributed by atoms with van der Waals surface area (Å²) >= 11 is 0. The van der Waals surface area contributed by atoms with Gasteiger partial charge in [0.25, 0.3) is 5.91 Å². The van der Waals surface area contributed by atoms with Gasteiger partial charge >= 0.3 is 0 Å². The van der Waals surface area contributed by atoms with E-state index in [9.17, 15) is 9.59 Å². The smallest absolute Gasteiger partial charge is 0.254 e. The van der Waals surface area contributed by atoms with Gasteiger partial charge in [0, 0.05) is 17.6 Å². The summed E-state index contributed by atoms with van der Waals surface area (Å²) in [7, 11) is 0. The summed E-state index contributed by atoms with van der Waals surface area (Å²) in [5.74, 6) is 0.805. The summed E-state index contributed by atoms with van der Waals surface area (Å²) in [5, 5.41) is 2.85. The number of ether oxygens (including phenoxy) is 2. The largest absolute Gasteiger partial charge is 0.454 e. The van der Waals surface area contributed by atoms with Crippen molar-refractivity contribution in [2.24, 2.45) is 0 Å². The predicted molar refractivity (Wildman–Crippen MR) is 82.0 cm³/mol. The number of carbonyl (C=O) groups excluding carboxylic acids is 2. The quantitative estimate of drug-likeness (QED) is 0.921. The van der Waals surface area contributed by atoms with Crippen molar-refractivity contribution in [2.45, 2.75) is 33.2 Å². The van der Waals surface area contributed by atoms with E-state index in [1.54, 1.807) is 18.2 Å². The fourth-order valence-corrected chi connectivity index (χ4v) is 2.17. The molecule has 0 spiro atoms. The Morgan fingerprint density at radius 3 is 2.55 bits per heavy atom. The standard InChI is InChI=1S/C16H22N2O4/c1-5-18(9-14(19)17-16(2,3)4)15(20)11-6-7-12-13(8-11)22-10-21-12/h6-8H,5,9-10H2,1-4H3,(H,17,19). The molecule has 0 atom stereocenters. The van der Waals surface area contributed by atoms with Crippen LogP contribution in [0.3, 0.4) is 0 Å². The van der Waals surface area contributed by atoms with Gasteiger partial charge in [0.05, 0.1) is 6.54 Å². The fourth-order valence-electron chi connectivity index (χ4n) is 2.17. The number of fused-ring (bicyclic) bond motifs is 1. The van der Waals surface area contributed by atoms with Crippen LogP contribution in [-0.2, 0) is 4.79 Å². The third-order valence-corrected chi connectivity index (χ3v) is 3.14. The van der Waals surface area contributed by atoms with Crippen molar-refractivity contribution >= 4 is 11.8 Å². The number of carbonyl (C=O) groups is 2. The average molecular weight is 306 g/mol. The van der Waals surface area contributed by atoms with E-state index < -0.39 is 0 Å². The van der Waals surface area contributed by atoms with E-state index in [2.05, 4.69) is 5.32 Å². The Hall–Kier alpha value is -2.24. The number of nitrogens with zero attached hydrogens (tertiary/aromatic N) is 1. The van der Waals surface area contributed by atoms with Gasteiger partial charge in [0.1, 0.15) is 0 Å². The summed E-state index contributed by atoms with van der Waals surface area (Å²) in [6.07, 6.45) is 0. The van der Waals surface area contributed by atoms with Crippen LogP contribution in [0.2, 0.25) is 0 Å². The third-order valence-electron chi connectivity index (χ3n) is 3.14. The van der Waals surface area contributed by atoms with Crippen molar-refractivity contribution in [3.63, 3.8) is 0 Å². The molecule has 0 unspecified atom stereocenters. The Balaban J connectivity index is 2.07. The Morgan fingerprint density at radius 2 is 1.91 bits per heavy atom. The number of likely N-dealkylation sites (N-methyl/N-ethyl adjacent to an activating group) is 1. The highest BCUT2D eigenvalue weighted by atomic mass is 16.7. The van der Waals surface area contributed by atoms with Gasteiger partial charge in [-0.05, 0) is 45.9 Å². The molecule has 1 N–H and O–H groups in total. The van der Waals surface area contributed by atoms with Gasteiger partial charge in [-0.3, -0.25) is 9.59 Å². The van der Waals surface area contributed by atoms with Crippen LogP contribution >= 0.6 is 0 Å². The van der Waals surface area contributed by atoms with Crippen LogP contribution in [0, 0.1) is 0 Å². The van der Waals surface area contributed by atoms with Gasteiger partial charge in [-0.25, -0.2) is 0 Å². The van der Waals surface area contributed by atoms with Crippen molar-refractivity contribution in [2.75, 3.05) is 19.9 Å². The SMILES string of the molecule is CCN(CC(=O)NC(C)(C)C)C(=O)c1ccc2c(c1)OCO2. The molecule has 1 aliphatic heterocycles. The lowest BCUT2D eigenvalue weighted by molar-refractivity contribution is -0.123. The average Bonchev–Trinajstić information content (AvgIpc) is 2.89. The summed E-state index contributed by atoms with van der Waals surface area (Å²) in [6, 6.07) is 5.04. The number of benzene rings is 1. The number of amides is 2. The molecule has 2 rings (SSSR count). The first kappa shape index (κ1) is 16.1. The molecular formula is C16H22N2O4. The fraction of sp³-hybridized carbons (Fsp3) is 0.500. The first-order valence-electron chi connectivity index (χ1n) is 7.30. The zero-order chi connectivity index (χ0) is 16.3. The molecule has 22 heavy (non-hydrogen) atoms. The van der Waals surface area contributed by atoms with Crippen molar-refractivity contribution in [3.05, 3.63) is 23.8 Å². The first-order valence-corrected chi connectivity index (χ1v) is 7.30. The minimum atomic E-state index is -0.321. The second-order valence-corrected chi connectivity index (χ2v) is 6.19. The maximum atomic E-state index is 12.5. The van der Waals surface area contributed by atoms with E-state index in [1.165, 1.54) is 4.90 Å². The molecule has 6 nitrogen and oxygen atoms in total. The van der Waals surface area contributed by atoms with Gasteiger partial charge < -0.3 is 19.7 Å². The van der Waals surface area contributed by atoms with Crippen molar-refractivity contribution in [3.8, 4) is 11.5 Å². The lowest BCUT2D eigenvalue weighted by Gasteiger charge is -2.25. The highest BCUT2D eigenvalue weighted by Gasteiger charge is 2.22. The number of rotatable bonds is 4. The Bertz CT molecular complexity index is 578. The molecule has 0 aliphatic carbocycles. The van der Waals surface area contributed by atoms with Crippen LogP contribution in [-0.4, -0.2) is 42.1 Å². The van der Waals surface area contributed by atoms with Crippen molar-refractivity contribution in [1.29, 1.82) is 0 Å². The van der Waals surface area contributed by atoms with Gasteiger partial charge in [0.2, 0.25) is 12.7 Å². The highest BCUT2D eigenvalue weighted by Crippen LogP contribution is 2.32. The van der Waals surface area contributed by atoms with E-state index in [0.717, 1.165) is 0 Å². The lowest BCUT2D eigenvalue weighted by atomic mass is 10.1. The monoisotopic (exact) mass is 306 g/mol. The van der Waals surface area contributed by atoms with Crippen LogP contribution in [0.15, 0.2) is 18.2 Å². The maximum absolute atomic E-state index is 12.5. The lowest BCUT2D eigenvalue weighted by Crippen LogP contribution is -2.47. The van der Waals surface area contributed by atoms with Crippen LogP contribution in [0.25, 0.3) is 0 Å². The number of nitrogens with one attached hydrogen (secondary N) is 1. The molecule has 0 radical (unpaired) electrons. The molecular weight excluding hydrogens is 284 g/mol. The van der Waals surface area contributed by atoms with Crippen LogP contribution < -0.4 is 14.8 Å². The molecule has 1 aliphatic rings. The minimum absolute atomic E-state index is 0.0288. The second kappa shape index (κ2) is 6.25. The molecule has 0 saturated carbocycles. The van der Waals surface area contributed by atoms with Crippen molar-refractivity contribution < 1.29 is 19.1 Å². The molecule has 0 bridgehead atoms. The normalized spacial score (nSPS) is 12.9. The Morgan fingerprint density at radius 1 is 1.23 bits per heavy atom. The van der Waals surface area contributed by atoms with E-state index >= 15 is 0 Å².